The van der Waals surface area contributed by atoms with E-state index in [0.29, 0.717) is 23.8 Å². The molecule has 0 unspecified atom stereocenters. The summed E-state index contributed by atoms with van der Waals surface area (Å²) in [5.74, 6) is -0.552. The fourth-order valence-corrected chi connectivity index (χ4v) is 4.93. The summed E-state index contributed by atoms with van der Waals surface area (Å²) >= 11 is 1.47. The maximum absolute atomic E-state index is 12.6. The largest absolute Gasteiger partial charge is 0.369 e. The number of aromatic nitrogens is 2. The predicted molar refractivity (Wildman–Crippen MR) is 121 cm³/mol. The number of carbonyl (C=O) groups excluding carboxylic acids is 2. The predicted octanol–water partition coefficient (Wildman–Crippen LogP) is 2.59. The molecular weight excluding hydrogens is 410 g/mol. The van der Waals surface area contributed by atoms with Crippen molar-refractivity contribution in [1.82, 2.24) is 14.9 Å². The number of nitrogens with zero attached hydrogens (tertiary/aromatic N) is 3. The molecule has 1 aliphatic heterocycles. The van der Waals surface area contributed by atoms with Crippen molar-refractivity contribution >= 4 is 28.3 Å². The smallest absolute Gasteiger partial charge is 0.240 e. The zero-order valence-corrected chi connectivity index (χ0v) is 18.0. The summed E-state index contributed by atoms with van der Waals surface area (Å²) < 4.78 is 0. The van der Waals surface area contributed by atoms with Gasteiger partial charge in [0.1, 0.15) is 5.41 Å². The highest BCUT2D eigenvalue weighted by Crippen LogP contribution is 2.32. The Morgan fingerprint density at radius 3 is 2.68 bits per heavy atom. The number of benzene rings is 1. The molecule has 8 heteroatoms. The average molecular weight is 436 g/mol. The summed E-state index contributed by atoms with van der Waals surface area (Å²) in [5, 5.41) is 3.47. The lowest BCUT2D eigenvalue weighted by molar-refractivity contribution is -0.127. The van der Waals surface area contributed by atoms with E-state index in [-0.39, 0.29) is 12.5 Å². The molecule has 0 bridgehead atoms. The van der Waals surface area contributed by atoms with E-state index < -0.39 is 11.3 Å². The van der Waals surface area contributed by atoms with Gasteiger partial charge in [0.2, 0.25) is 11.8 Å². The van der Waals surface area contributed by atoms with Crippen LogP contribution in [0.4, 0.5) is 5.13 Å². The molecule has 1 atom stereocenters. The van der Waals surface area contributed by atoms with Crippen LogP contribution in [0.15, 0.2) is 60.9 Å². The molecule has 3 aromatic rings. The third kappa shape index (κ3) is 4.98. The van der Waals surface area contributed by atoms with Crippen LogP contribution < -0.4 is 11.1 Å². The molecule has 1 fully saturated rings. The maximum Gasteiger partial charge on any atom is 0.240 e. The normalized spacial score (nSPS) is 19.1. The van der Waals surface area contributed by atoms with Gasteiger partial charge in [-0.2, -0.15) is 0 Å². The van der Waals surface area contributed by atoms with Crippen molar-refractivity contribution in [1.29, 1.82) is 0 Å². The number of piperidine rings is 1. The molecule has 3 heterocycles. The molecule has 2 amide bonds. The van der Waals surface area contributed by atoms with Gasteiger partial charge in [-0.15, -0.1) is 11.3 Å². The minimum absolute atomic E-state index is 0.151. The molecule has 0 saturated carbocycles. The van der Waals surface area contributed by atoms with Gasteiger partial charge < -0.3 is 11.1 Å². The molecule has 2 aromatic heterocycles. The molecule has 4 rings (SSSR count). The van der Waals surface area contributed by atoms with Gasteiger partial charge in [-0.1, -0.05) is 36.4 Å². The number of nitrogens with one attached hydrogen (secondary N) is 1. The van der Waals surface area contributed by atoms with E-state index in [9.17, 15) is 9.59 Å². The Bertz CT molecular complexity index is 1040. The second-order valence-corrected chi connectivity index (χ2v) is 8.93. The lowest BCUT2D eigenvalue weighted by atomic mass is 9.76. The SMILES string of the molecule is NC(=O)[C@@]1(c2ccccn2)CCCN(CC(=O)Nc2ncc(Cc3ccccc3)s2)C1. The number of hydrogen-bond donors (Lipinski definition) is 2. The second kappa shape index (κ2) is 9.36. The van der Waals surface area contributed by atoms with Crippen LogP contribution in [0.3, 0.4) is 0 Å². The zero-order valence-electron chi connectivity index (χ0n) is 17.2. The summed E-state index contributed by atoms with van der Waals surface area (Å²) in [5.41, 5.74) is 6.80. The Balaban J connectivity index is 1.38. The molecule has 1 saturated heterocycles. The van der Waals surface area contributed by atoms with Crippen LogP contribution in [-0.2, 0) is 21.4 Å². The van der Waals surface area contributed by atoms with Crippen molar-refractivity contribution in [3.63, 3.8) is 0 Å². The third-order valence-electron chi connectivity index (χ3n) is 5.59. The Morgan fingerprint density at radius 2 is 1.94 bits per heavy atom. The van der Waals surface area contributed by atoms with Gasteiger partial charge in [0.15, 0.2) is 5.13 Å². The minimum atomic E-state index is -0.871. The van der Waals surface area contributed by atoms with Gasteiger partial charge in [-0.05, 0) is 37.1 Å². The molecule has 31 heavy (non-hydrogen) atoms. The van der Waals surface area contributed by atoms with Gasteiger partial charge >= 0.3 is 0 Å². The number of anilines is 1. The maximum atomic E-state index is 12.6. The van der Waals surface area contributed by atoms with Crippen LogP contribution in [-0.4, -0.2) is 46.3 Å². The Morgan fingerprint density at radius 1 is 1.13 bits per heavy atom. The first-order chi connectivity index (χ1) is 15.0. The zero-order chi connectivity index (χ0) is 21.7. The van der Waals surface area contributed by atoms with Crippen LogP contribution in [0.5, 0.6) is 0 Å². The summed E-state index contributed by atoms with van der Waals surface area (Å²) in [6.45, 7) is 1.28. The molecule has 7 nitrogen and oxygen atoms in total. The molecule has 160 valence electrons. The van der Waals surface area contributed by atoms with Gasteiger partial charge in [0.25, 0.3) is 0 Å². The summed E-state index contributed by atoms with van der Waals surface area (Å²) in [6, 6.07) is 15.6. The second-order valence-electron chi connectivity index (χ2n) is 7.82. The van der Waals surface area contributed by atoms with E-state index in [4.69, 9.17) is 5.73 Å². The highest BCUT2D eigenvalue weighted by Gasteiger charge is 2.43. The minimum Gasteiger partial charge on any atom is -0.369 e. The van der Waals surface area contributed by atoms with Crippen LogP contribution in [0.2, 0.25) is 0 Å². The average Bonchev–Trinajstić information content (AvgIpc) is 3.21. The fraction of sp³-hybridized carbons (Fsp3) is 0.304. The molecule has 0 spiro atoms. The number of hydrogen-bond acceptors (Lipinski definition) is 6. The first kappa shape index (κ1) is 21.1. The van der Waals surface area contributed by atoms with Crippen molar-refractivity contribution in [2.24, 2.45) is 5.73 Å². The summed E-state index contributed by atoms with van der Waals surface area (Å²) in [6.07, 6.45) is 5.65. The first-order valence-corrected chi connectivity index (χ1v) is 11.1. The molecular formula is C23H25N5O2S. The Kier molecular flexibility index (Phi) is 6.39. The number of primary amides is 1. The topological polar surface area (TPSA) is 101 Å². The van der Waals surface area contributed by atoms with Gasteiger partial charge in [0.05, 0.1) is 12.2 Å². The highest BCUT2D eigenvalue weighted by atomic mass is 32.1. The molecule has 3 N–H and O–H groups in total. The van der Waals surface area contributed by atoms with Gasteiger partial charge in [-0.3, -0.25) is 19.5 Å². The summed E-state index contributed by atoms with van der Waals surface area (Å²) in [7, 11) is 0. The van der Waals surface area contributed by atoms with Crippen molar-refractivity contribution in [3.8, 4) is 0 Å². The fourth-order valence-electron chi connectivity index (χ4n) is 4.07. The monoisotopic (exact) mass is 435 g/mol. The van der Waals surface area contributed by atoms with Crippen molar-refractivity contribution in [3.05, 3.63) is 77.1 Å². The van der Waals surface area contributed by atoms with Crippen LogP contribution in [0.1, 0.15) is 29.0 Å². The van der Waals surface area contributed by atoms with Gasteiger partial charge in [0, 0.05) is 30.2 Å². The standard InChI is InChI=1S/C23H25N5O2S/c24-21(30)23(19-9-4-5-11-25-19)10-6-12-28(16-23)15-20(29)27-22-26-14-18(31-22)13-17-7-2-1-3-8-17/h1-5,7-9,11,14H,6,10,12-13,15-16H2,(H2,24,30)(H,26,27,29)/t23-/m0/s1. The Hall–Kier alpha value is -3.10. The van der Waals surface area contributed by atoms with Gasteiger partial charge in [-0.25, -0.2) is 4.98 Å². The van der Waals surface area contributed by atoms with E-state index in [2.05, 4.69) is 27.4 Å². The van der Waals surface area contributed by atoms with E-state index in [1.54, 1.807) is 12.4 Å². The number of likely N-dealkylation sites (tertiary alicyclic amines) is 1. The lowest BCUT2D eigenvalue weighted by Crippen LogP contribution is -2.55. The van der Waals surface area contributed by atoms with Crippen molar-refractivity contribution in [2.75, 3.05) is 25.0 Å². The first-order valence-electron chi connectivity index (χ1n) is 10.3. The third-order valence-corrected chi connectivity index (χ3v) is 6.50. The van der Waals surface area contributed by atoms with Crippen molar-refractivity contribution < 1.29 is 9.59 Å². The number of thiazole rings is 1. The number of pyridine rings is 1. The van der Waals surface area contributed by atoms with E-state index in [1.165, 1.54) is 16.9 Å². The molecule has 1 aromatic carbocycles. The van der Waals surface area contributed by atoms with Crippen molar-refractivity contribution in [2.45, 2.75) is 24.7 Å². The highest BCUT2D eigenvalue weighted by molar-refractivity contribution is 7.15. The number of carbonyl (C=O) groups is 2. The Labute approximate surface area is 185 Å². The molecule has 0 radical (unpaired) electrons. The van der Waals surface area contributed by atoms with E-state index >= 15 is 0 Å². The molecule has 0 aliphatic carbocycles. The van der Waals surface area contributed by atoms with E-state index in [0.717, 1.165) is 24.3 Å². The number of rotatable bonds is 7. The van der Waals surface area contributed by atoms with Crippen LogP contribution in [0.25, 0.3) is 0 Å². The number of amides is 2. The number of nitrogens with two attached hydrogens (primary N) is 1. The summed E-state index contributed by atoms with van der Waals surface area (Å²) in [4.78, 5) is 36.8. The quantitative estimate of drug-likeness (QED) is 0.594. The van der Waals surface area contributed by atoms with E-state index in [1.807, 2.05) is 41.3 Å². The van der Waals surface area contributed by atoms with Crippen LogP contribution in [0, 0.1) is 0 Å². The molecule has 1 aliphatic rings. The van der Waals surface area contributed by atoms with Crippen LogP contribution >= 0.6 is 11.3 Å². The lowest BCUT2D eigenvalue weighted by Gasteiger charge is -2.39.